The lowest BCUT2D eigenvalue weighted by atomic mass is 10.0. The predicted octanol–water partition coefficient (Wildman–Crippen LogP) is 3.36. The first-order valence-corrected chi connectivity index (χ1v) is 6.71. The van der Waals surface area contributed by atoms with Crippen LogP contribution in [0.2, 0.25) is 0 Å². The van der Waals surface area contributed by atoms with Crippen LogP contribution in [0.4, 0.5) is 4.39 Å². The largest absolute Gasteiger partial charge is 0.311 e. The maximum absolute atomic E-state index is 13.5. The van der Waals surface area contributed by atoms with Crippen molar-refractivity contribution in [1.82, 2.24) is 9.55 Å². The highest BCUT2D eigenvalue weighted by atomic mass is 19.1. The molecule has 0 spiro atoms. The summed E-state index contributed by atoms with van der Waals surface area (Å²) in [5, 5.41) is 0.731. The van der Waals surface area contributed by atoms with E-state index in [-0.39, 0.29) is 11.4 Å². The van der Waals surface area contributed by atoms with Crippen molar-refractivity contribution in [2.45, 2.75) is 13.8 Å². The maximum atomic E-state index is 13.5. The number of hydrogen-bond acceptors (Lipinski definition) is 2. The van der Waals surface area contributed by atoms with Crippen molar-refractivity contribution < 1.29 is 4.39 Å². The average Bonchev–Trinajstić information content (AvgIpc) is 2.47. The van der Waals surface area contributed by atoms with E-state index < -0.39 is 0 Å². The van der Waals surface area contributed by atoms with Crippen LogP contribution in [0.3, 0.4) is 0 Å². The van der Waals surface area contributed by atoms with Crippen LogP contribution in [0.15, 0.2) is 41.3 Å². The zero-order chi connectivity index (χ0) is 15.1. The maximum Gasteiger partial charge on any atom is 0.260 e. The Morgan fingerprint density at radius 3 is 2.57 bits per heavy atom. The van der Waals surface area contributed by atoms with Gasteiger partial charge in [-0.2, -0.15) is 0 Å². The molecule has 1 aromatic carbocycles. The molecule has 0 amide bonds. The molecule has 3 nitrogen and oxygen atoms in total. The van der Waals surface area contributed by atoms with Gasteiger partial charge in [0.05, 0.1) is 16.8 Å². The number of pyridine rings is 2. The Labute approximate surface area is 121 Å². The van der Waals surface area contributed by atoms with Gasteiger partial charge >= 0.3 is 0 Å². The summed E-state index contributed by atoms with van der Waals surface area (Å²) >= 11 is 0. The van der Waals surface area contributed by atoms with Crippen molar-refractivity contribution in [2.24, 2.45) is 7.05 Å². The van der Waals surface area contributed by atoms with Crippen molar-refractivity contribution in [3.63, 3.8) is 0 Å². The Hall–Kier alpha value is -2.49. The molecule has 0 aliphatic rings. The molecule has 3 aromatic rings. The first kappa shape index (κ1) is 13.5. The van der Waals surface area contributed by atoms with E-state index in [1.54, 1.807) is 23.9 Å². The number of rotatable bonds is 1. The Kier molecular flexibility index (Phi) is 3.09. The lowest BCUT2D eigenvalue weighted by Crippen LogP contribution is -2.21. The van der Waals surface area contributed by atoms with Crippen LogP contribution in [-0.2, 0) is 7.05 Å². The lowest BCUT2D eigenvalue weighted by Gasteiger charge is -2.13. The Bertz CT molecular complexity index is 895. The summed E-state index contributed by atoms with van der Waals surface area (Å²) in [7, 11) is 1.69. The van der Waals surface area contributed by atoms with E-state index >= 15 is 0 Å². The molecule has 3 rings (SSSR count). The van der Waals surface area contributed by atoms with Gasteiger partial charge in [0.15, 0.2) is 0 Å². The predicted molar refractivity (Wildman–Crippen MR) is 81.9 cm³/mol. The Balaban J connectivity index is 2.43. The zero-order valence-electron chi connectivity index (χ0n) is 12.1. The molecule has 0 bridgehead atoms. The molecule has 0 atom stereocenters. The number of fused-ring (bicyclic) bond motifs is 1. The summed E-state index contributed by atoms with van der Waals surface area (Å²) in [5.41, 5.74) is 3.52. The number of hydrogen-bond donors (Lipinski definition) is 0. The van der Waals surface area contributed by atoms with Crippen LogP contribution in [-0.4, -0.2) is 9.55 Å². The van der Waals surface area contributed by atoms with Gasteiger partial charge in [0.2, 0.25) is 0 Å². The van der Waals surface area contributed by atoms with E-state index in [0.717, 1.165) is 22.0 Å². The summed E-state index contributed by atoms with van der Waals surface area (Å²) in [5.74, 6) is -0.313. The highest BCUT2D eigenvalue weighted by Gasteiger charge is 2.15. The fourth-order valence-corrected chi connectivity index (χ4v) is 2.59. The minimum absolute atomic E-state index is 0.122. The molecule has 0 fully saturated rings. The second-order valence-electron chi connectivity index (χ2n) is 5.25. The second kappa shape index (κ2) is 4.81. The number of nitrogens with zero attached hydrogens (tertiary/aromatic N) is 2. The van der Waals surface area contributed by atoms with Crippen molar-refractivity contribution >= 4 is 10.9 Å². The number of aryl methyl sites for hydroxylation is 3. The van der Waals surface area contributed by atoms with E-state index in [0.29, 0.717) is 11.3 Å². The molecule has 2 aromatic heterocycles. The van der Waals surface area contributed by atoms with Crippen LogP contribution in [0.25, 0.3) is 22.2 Å². The van der Waals surface area contributed by atoms with Gasteiger partial charge in [-0.25, -0.2) is 4.39 Å². The Morgan fingerprint density at radius 1 is 1.14 bits per heavy atom. The highest BCUT2D eigenvalue weighted by Crippen LogP contribution is 2.25. The standard InChI is InChI=1S/C17H15FN2O/c1-10-4-6-14(19-9-10)16-11(2)13-8-12(18)5-7-15(13)20(3)17(16)21/h4-9H,1-3H3. The molecular weight excluding hydrogens is 267 g/mol. The number of benzene rings is 1. The summed E-state index contributed by atoms with van der Waals surface area (Å²) < 4.78 is 15.1. The topological polar surface area (TPSA) is 34.9 Å². The normalized spacial score (nSPS) is 11.0. The monoisotopic (exact) mass is 282 g/mol. The van der Waals surface area contributed by atoms with Crippen molar-refractivity contribution in [1.29, 1.82) is 0 Å². The number of halogens is 1. The van der Waals surface area contributed by atoms with E-state index in [4.69, 9.17) is 0 Å². The molecule has 0 aliphatic heterocycles. The van der Waals surface area contributed by atoms with E-state index in [1.807, 2.05) is 26.0 Å². The van der Waals surface area contributed by atoms with Gasteiger partial charge in [0, 0.05) is 18.6 Å². The second-order valence-corrected chi connectivity index (χ2v) is 5.25. The van der Waals surface area contributed by atoms with E-state index in [2.05, 4.69) is 4.98 Å². The van der Waals surface area contributed by atoms with E-state index in [1.165, 1.54) is 12.1 Å². The first-order chi connectivity index (χ1) is 9.99. The molecule has 4 heteroatoms. The van der Waals surface area contributed by atoms with Gasteiger partial charge in [-0.15, -0.1) is 0 Å². The average molecular weight is 282 g/mol. The quantitative estimate of drug-likeness (QED) is 0.686. The molecule has 0 saturated carbocycles. The third kappa shape index (κ3) is 2.13. The van der Waals surface area contributed by atoms with Crippen LogP contribution < -0.4 is 5.56 Å². The summed E-state index contributed by atoms with van der Waals surface area (Å²) in [6.07, 6.45) is 1.73. The zero-order valence-corrected chi connectivity index (χ0v) is 12.1. The van der Waals surface area contributed by atoms with Gasteiger partial charge in [0.1, 0.15) is 5.82 Å². The summed E-state index contributed by atoms with van der Waals surface area (Å²) in [6, 6.07) is 8.19. The smallest absolute Gasteiger partial charge is 0.260 e. The molecule has 0 aliphatic carbocycles. The molecule has 21 heavy (non-hydrogen) atoms. The van der Waals surface area contributed by atoms with Gasteiger partial charge < -0.3 is 4.57 Å². The molecule has 106 valence electrons. The molecule has 0 radical (unpaired) electrons. The fourth-order valence-electron chi connectivity index (χ4n) is 2.59. The molecule has 0 unspecified atom stereocenters. The summed E-state index contributed by atoms with van der Waals surface area (Å²) in [4.78, 5) is 16.9. The van der Waals surface area contributed by atoms with Crippen molar-refractivity contribution in [3.05, 3.63) is 63.8 Å². The van der Waals surface area contributed by atoms with E-state index in [9.17, 15) is 9.18 Å². The SMILES string of the molecule is Cc1ccc(-c2c(C)c3cc(F)ccc3n(C)c2=O)nc1. The first-order valence-electron chi connectivity index (χ1n) is 6.71. The number of aromatic nitrogens is 2. The molecular formula is C17H15FN2O. The van der Waals surface area contributed by atoms with Crippen molar-refractivity contribution in [3.8, 4) is 11.3 Å². The minimum Gasteiger partial charge on any atom is -0.311 e. The Morgan fingerprint density at radius 2 is 1.90 bits per heavy atom. The minimum atomic E-state index is -0.313. The van der Waals surface area contributed by atoms with Gasteiger partial charge in [-0.1, -0.05) is 6.07 Å². The van der Waals surface area contributed by atoms with Gasteiger partial charge in [-0.3, -0.25) is 9.78 Å². The van der Waals surface area contributed by atoms with Crippen LogP contribution >= 0.6 is 0 Å². The molecule has 0 N–H and O–H groups in total. The fraction of sp³-hybridized carbons (Fsp3) is 0.176. The highest BCUT2D eigenvalue weighted by molar-refractivity contribution is 5.88. The third-order valence-electron chi connectivity index (χ3n) is 3.78. The lowest BCUT2D eigenvalue weighted by molar-refractivity contribution is 0.629. The van der Waals surface area contributed by atoms with Gasteiger partial charge in [0.25, 0.3) is 5.56 Å². The van der Waals surface area contributed by atoms with Crippen molar-refractivity contribution in [2.75, 3.05) is 0 Å². The van der Waals surface area contributed by atoms with Crippen LogP contribution in [0, 0.1) is 19.7 Å². The van der Waals surface area contributed by atoms with Crippen LogP contribution in [0.5, 0.6) is 0 Å². The molecule has 0 saturated heterocycles. The molecule has 2 heterocycles. The third-order valence-corrected chi connectivity index (χ3v) is 3.78. The van der Waals surface area contributed by atoms with Gasteiger partial charge in [-0.05, 0) is 49.2 Å². The summed E-state index contributed by atoms with van der Waals surface area (Å²) in [6.45, 7) is 3.78. The van der Waals surface area contributed by atoms with Crippen LogP contribution in [0.1, 0.15) is 11.1 Å².